The van der Waals surface area contributed by atoms with E-state index < -0.39 is 0 Å². The van der Waals surface area contributed by atoms with Gasteiger partial charge in [-0.25, -0.2) is 9.67 Å². The molecule has 0 radical (unpaired) electrons. The van der Waals surface area contributed by atoms with Gasteiger partial charge in [-0.15, -0.1) is 0 Å². The molecular weight excluding hydrogens is 354 g/mol. The van der Waals surface area contributed by atoms with E-state index in [1.54, 1.807) is 36.3 Å². The van der Waals surface area contributed by atoms with Gasteiger partial charge in [-0.05, 0) is 24.3 Å². The Kier molecular flexibility index (Phi) is 4.80. The zero-order valence-electron chi connectivity index (χ0n) is 15.8. The number of benzene rings is 2. The lowest BCUT2D eigenvalue weighted by Gasteiger charge is -2.16. The van der Waals surface area contributed by atoms with E-state index in [2.05, 4.69) is 10.1 Å². The van der Waals surface area contributed by atoms with Crippen molar-refractivity contribution in [1.82, 2.24) is 24.2 Å². The largest absolute Gasteiger partial charge is 0.497 e. The third-order valence-corrected chi connectivity index (χ3v) is 4.63. The molecule has 0 spiro atoms. The van der Waals surface area contributed by atoms with Crippen molar-refractivity contribution in [1.29, 1.82) is 0 Å². The molecule has 28 heavy (non-hydrogen) atoms. The molecule has 2 heterocycles. The summed E-state index contributed by atoms with van der Waals surface area (Å²) in [5.41, 5.74) is 3.70. The number of likely N-dealkylation sites (N-methyl/N-ethyl adjacent to an activating group) is 1. The third kappa shape index (κ3) is 3.59. The fourth-order valence-electron chi connectivity index (χ4n) is 3.10. The molecule has 0 saturated carbocycles. The molecule has 0 aliphatic rings. The predicted molar refractivity (Wildman–Crippen MR) is 106 cm³/mol. The number of amides is 1. The Labute approximate surface area is 162 Å². The molecule has 0 aliphatic carbocycles. The molecule has 7 heteroatoms. The number of ether oxygens (including phenoxy) is 1. The van der Waals surface area contributed by atoms with E-state index in [1.807, 2.05) is 59.3 Å². The van der Waals surface area contributed by atoms with Crippen LogP contribution >= 0.6 is 0 Å². The highest BCUT2D eigenvalue weighted by Crippen LogP contribution is 2.17. The van der Waals surface area contributed by atoms with Gasteiger partial charge in [0.1, 0.15) is 12.3 Å². The Morgan fingerprint density at radius 1 is 1.18 bits per heavy atom. The van der Waals surface area contributed by atoms with Crippen LogP contribution < -0.4 is 4.74 Å². The van der Waals surface area contributed by atoms with Crippen molar-refractivity contribution in [3.63, 3.8) is 0 Å². The summed E-state index contributed by atoms with van der Waals surface area (Å²) < 4.78 is 8.90. The van der Waals surface area contributed by atoms with E-state index in [4.69, 9.17) is 4.74 Å². The van der Waals surface area contributed by atoms with Crippen LogP contribution in [0.3, 0.4) is 0 Å². The van der Waals surface area contributed by atoms with Gasteiger partial charge < -0.3 is 14.2 Å². The Hall–Kier alpha value is -3.61. The molecule has 0 N–H and O–H groups in total. The van der Waals surface area contributed by atoms with E-state index in [9.17, 15) is 4.79 Å². The molecule has 0 saturated heterocycles. The van der Waals surface area contributed by atoms with Gasteiger partial charge in [0.15, 0.2) is 0 Å². The first-order valence-corrected chi connectivity index (χ1v) is 8.96. The number of fused-ring (bicyclic) bond motifs is 1. The molecule has 0 atom stereocenters. The smallest absolute Gasteiger partial charge is 0.242 e. The number of carbonyl (C=O) groups is 1. The number of aromatic nitrogens is 4. The Bertz CT molecular complexity index is 1110. The SMILES string of the molecule is COc1cccc(-n2cc(CN(C)C(=O)Cn3cnc4ccccc43)cn2)c1. The fraction of sp³-hybridized carbons (Fsp3) is 0.190. The van der Waals surface area contributed by atoms with Crippen LogP contribution in [0.25, 0.3) is 16.7 Å². The van der Waals surface area contributed by atoms with Crippen LogP contribution in [0.2, 0.25) is 0 Å². The Balaban J connectivity index is 1.44. The van der Waals surface area contributed by atoms with Gasteiger partial charge in [-0.1, -0.05) is 18.2 Å². The second-order valence-corrected chi connectivity index (χ2v) is 6.61. The van der Waals surface area contributed by atoms with Crippen molar-refractivity contribution < 1.29 is 9.53 Å². The molecule has 0 unspecified atom stereocenters. The average Bonchev–Trinajstić information content (AvgIpc) is 3.35. The number of imidazole rings is 1. The lowest BCUT2D eigenvalue weighted by Crippen LogP contribution is -2.29. The van der Waals surface area contributed by atoms with E-state index in [1.165, 1.54) is 0 Å². The van der Waals surface area contributed by atoms with Gasteiger partial charge in [0.2, 0.25) is 5.91 Å². The zero-order chi connectivity index (χ0) is 19.5. The van der Waals surface area contributed by atoms with E-state index in [0.29, 0.717) is 6.54 Å². The highest BCUT2D eigenvalue weighted by molar-refractivity contribution is 5.80. The molecule has 2 aromatic heterocycles. The van der Waals surface area contributed by atoms with Crippen LogP contribution in [0.5, 0.6) is 5.75 Å². The molecule has 0 fully saturated rings. The van der Waals surface area contributed by atoms with E-state index >= 15 is 0 Å². The van der Waals surface area contributed by atoms with Crippen LogP contribution in [0.4, 0.5) is 0 Å². The van der Waals surface area contributed by atoms with Crippen molar-refractivity contribution in [2.24, 2.45) is 0 Å². The van der Waals surface area contributed by atoms with Crippen molar-refractivity contribution in [2.75, 3.05) is 14.2 Å². The molecule has 7 nitrogen and oxygen atoms in total. The summed E-state index contributed by atoms with van der Waals surface area (Å²) in [6.45, 7) is 0.733. The summed E-state index contributed by atoms with van der Waals surface area (Å²) in [4.78, 5) is 18.7. The van der Waals surface area contributed by atoms with Crippen LogP contribution in [0, 0.1) is 0 Å². The number of hydrogen-bond acceptors (Lipinski definition) is 4. The summed E-state index contributed by atoms with van der Waals surface area (Å²) in [6, 6.07) is 15.5. The monoisotopic (exact) mass is 375 g/mol. The second kappa shape index (κ2) is 7.56. The minimum absolute atomic E-state index is 0.0114. The van der Waals surface area contributed by atoms with Crippen LogP contribution in [-0.2, 0) is 17.9 Å². The maximum atomic E-state index is 12.7. The standard InChI is InChI=1S/C21H21N5O2/c1-24(21(27)14-25-15-22-19-8-3-4-9-20(19)25)12-16-11-23-26(13-16)17-6-5-7-18(10-17)28-2/h3-11,13,15H,12,14H2,1-2H3. The second-order valence-electron chi connectivity index (χ2n) is 6.61. The Morgan fingerprint density at radius 3 is 2.89 bits per heavy atom. The minimum atomic E-state index is 0.0114. The predicted octanol–water partition coefficient (Wildman–Crippen LogP) is 2.89. The maximum Gasteiger partial charge on any atom is 0.242 e. The van der Waals surface area contributed by atoms with Crippen molar-refractivity contribution in [3.05, 3.63) is 72.8 Å². The van der Waals surface area contributed by atoms with E-state index in [-0.39, 0.29) is 12.5 Å². The summed E-state index contributed by atoms with van der Waals surface area (Å²) in [5, 5.41) is 4.40. The minimum Gasteiger partial charge on any atom is -0.497 e. The summed E-state index contributed by atoms with van der Waals surface area (Å²) in [5.74, 6) is 0.784. The van der Waals surface area contributed by atoms with Crippen LogP contribution in [0.1, 0.15) is 5.56 Å². The quantitative estimate of drug-likeness (QED) is 0.520. The normalized spacial score (nSPS) is 10.9. The van der Waals surface area contributed by atoms with Crippen molar-refractivity contribution in [2.45, 2.75) is 13.1 Å². The number of para-hydroxylation sites is 2. The topological polar surface area (TPSA) is 65.2 Å². The molecule has 0 aliphatic heterocycles. The Morgan fingerprint density at radius 2 is 2.04 bits per heavy atom. The molecule has 1 amide bonds. The van der Waals surface area contributed by atoms with E-state index in [0.717, 1.165) is 28.0 Å². The first-order valence-electron chi connectivity index (χ1n) is 8.96. The molecule has 142 valence electrons. The third-order valence-electron chi connectivity index (χ3n) is 4.63. The first kappa shape index (κ1) is 17.8. The van der Waals surface area contributed by atoms with Crippen LogP contribution in [0.15, 0.2) is 67.3 Å². The van der Waals surface area contributed by atoms with Gasteiger partial charge in [0.05, 0.1) is 36.4 Å². The number of hydrogen-bond donors (Lipinski definition) is 0. The fourth-order valence-corrected chi connectivity index (χ4v) is 3.10. The summed E-state index contributed by atoms with van der Waals surface area (Å²) >= 11 is 0. The number of carbonyl (C=O) groups excluding carboxylic acids is 1. The number of nitrogens with zero attached hydrogens (tertiary/aromatic N) is 5. The number of methoxy groups -OCH3 is 1. The van der Waals surface area contributed by atoms with Gasteiger partial charge in [-0.2, -0.15) is 5.10 Å². The van der Waals surface area contributed by atoms with Gasteiger partial charge >= 0.3 is 0 Å². The lowest BCUT2D eigenvalue weighted by atomic mass is 10.3. The summed E-state index contributed by atoms with van der Waals surface area (Å²) in [7, 11) is 3.43. The van der Waals surface area contributed by atoms with Crippen molar-refractivity contribution in [3.8, 4) is 11.4 Å². The van der Waals surface area contributed by atoms with Gasteiger partial charge in [0.25, 0.3) is 0 Å². The highest BCUT2D eigenvalue weighted by Gasteiger charge is 2.13. The van der Waals surface area contributed by atoms with Gasteiger partial charge in [-0.3, -0.25) is 4.79 Å². The maximum absolute atomic E-state index is 12.7. The summed E-state index contributed by atoms with van der Waals surface area (Å²) in [6.07, 6.45) is 5.40. The lowest BCUT2D eigenvalue weighted by molar-refractivity contribution is -0.131. The molecule has 4 rings (SSSR count). The molecule has 4 aromatic rings. The number of rotatable bonds is 6. The van der Waals surface area contributed by atoms with Crippen LogP contribution in [-0.4, -0.2) is 44.3 Å². The average molecular weight is 375 g/mol. The molecule has 2 aromatic carbocycles. The molecular formula is C21H21N5O2. The molecule has 0 bridgehead atoms. The van der Waals surface area contributed by atoms with Gasteiger partial charge in [0, 0.05) is 31.4 Å². The zero-order valence-corrected chi connectivity index (χ0v) is 15.8. The highest BCUT2D eigenvalue weighted by atomic mass is 16.5. The first-order chi connectivity index (χ1) is 13.6. The van der Waals surface area contributed by atoms with Crippen molar-refractivity contribution >= 4 is 16.9 Å².